The molecule has 1 aliphatic rings. The third-order valence-electron chi connectivity index (χ3n) is 3.28. The van der Waals surface area contributed by atoms with Crippen LogP contribution in [0.4, 0.5) is 4.79 Å². The van der Waals surface area contributed by atoms with Gasteiger partial charge < -0.3 is 14.8 Å². The van der Waals surface area contributed by atoms with Crippen LogP contribution < -0.4 is 5.32 Å². The first-order valence-corrected chi connectivity index (χ1v) is 8.40. The number of aryl methyl sites for hydroxylation is 1. The summed E-state index contributed by atoms with van der Waals surface area (Å²) < 4.78 is 11.1. The first-order chi connectivity index (χ1) is 9.89. The van der Waals surface area contributed by atoms with E-state index in [4.69, 9.17) is 9.47 Å². The molecule has 1 unspecified atom stereocenters. The smallest absolute Gasteiger partial charge is 0.407 e. The molecule has 1 N–H and O–H groups in total. The summed E-state index contributed by atoms with van der Waals surface area (Å²) in [4.78, 5) is 14.3. The Morgan fingerprint density at radius 1 is 1.48 bits per heavy atom. The average molecular weight is 311 g/mol. The predicted octanol–water partition coefficient (Wildman–Crippen LogP) is 4.19. The van der Waals surface area contributed by atoms with Crippen LogP contribution in [0.25, 0.3) is 0 Å². The minimum atomic E-state index is -0.459. The highest BCUT2D eigenvalue weighted by Gasteiger charge is 2.23. The molecular weight excluding hydrogens is 286 g/mol. The second-order valence-corrected chi connectivity index (χ2v) is 7.50. The highest BCUT2D eigenvalue weighted by Crippen LogP contribution is 2.37. The van der Waals surface area contributed by atoms with Gasteiger partial charge in [0.25, 0.3) is 0 Å². The average Bonchev–Trinajstić information content (AvgIpc) is 2.79. The summed E-state index contributed by atoms with van der Waals surface area (Å²) in [5, 5.41) is 2.82. The molecule has 118 valence electrons. The van der Waals surface area contributed by atoms with Gasteiger partial charge >= 0.3 is 6.09 Å². The topological polar surface area (TPSA) is 47.6 Å². The zero-order chi connectivity index (χ0) is 15.5. The van der Waals surface area contributed by atoms with Crippen molar-refractivity contribution in [3.63, 3.8) is 0 Å². The van der Waals surface area contributed by atoms with Crippen molar-refractivity contribution in [1.29, 1.82) is 0 Å². The molecule has 5 heteroatoms. The number of thiophene rings is 1. The second-order valence-electron chi connectivity index (χ2n) is 6.28. The molecule has 2 rings (SSSR count). The largest absolute Gasteiger partial charge is 0.444 e. The van der Waals surface area contributed by atoms with Crippen LogP contribution in [0.5, 0.6) is 0 Å². The summed E-state index contributed by atoms with van der Waals surface area (Å²) in [5.74, 6) is 0. The molecule has 1 aliphatic carbocycles. The molecule has 0 saturated carbocycles. The molecule has 0 radical (unpaired) electrons. The molecule has 1 atom stereocenters. The number of carbonyl (C=O) groups excluding carboxylic acids is 1. The molecule has 1 amide bonds. The van der Waals surface area contributed by atoms with Crippen LogP contribution in [0, 0.1) is 0 Å². The minimum Gasteiger partial charge on any atom is -0.444 e. The summed E-state index contributed by atoms with van der Waals surface area (Å²) in [7, 11) is 0. The molecule has 0 spiro atoms. The number of nitrogens with one attached hydrogen (secondary N) is 1. The summed E-state index contributed by atoms with van der Waals surface area (Å²) in [6.45, 7) is 8.89. The molecule has 1 aromatic rings. The van der Waals surface area contributed by atoms with Crippen molar-refractivity contribution in [3.05, 3.63) is 21.4 Å². The second kappa shape index (κ2) is 6.79. The van der Waals surface area contributed by atoms with Gasteiger partial charge in [0, 0.05) is 16.4 Å². The Morgan fingerprint density at radius 3 is 2.90 bits per heavy atom. The number of ether oxygens (including phenoxy) is 2. The van der Waals surface area contributed by atoms with E-state index in [0.717, 1.165) is 24.3 Å². The Labute approximate surface area is 130 Å². The molecule has 0 saturated heterocycles. The number of hydrogen-bond donors (Lipinski definition) is 1. The van der Waals surface area contributed by atoms with Crippen molar-refractivity contribution in [2.75, 3.05) is 6.61 Å². The van der Waals surface area contributed by atoms with E-state index in [-0.39, 0.29) is 12.2 Å². The zero-order valence-electron chi connectivity index (χ0n) is 13.3. The molecule has 1 aromatic heterocycles. The number of alkyl carbamates (subject to hydrolysis) is 1. The predicted molar refractivity (Wildman–Crippen MR) is 84.7 cm³/mol. The van der Waals surface area contributed by atoms with Gasteiger partial charge in [-0.25, -0.2) is 4.79 Å². The molecule has 0 aliphatic heterocycles. The van der Waals surface area contributed by atoms with Crippen LogP contribution in [0.1, 0.15) is 62.0 Å². The molecule has 0 fully saturated rings. The lowest BCUT2D eigenvalue weighted by atomic mass is 9.96. The summed E-state index contributed by atoms with van der Waals surface area (Å²) in [6.07, 6.45) is 3.25. The Morgan fingerprint density at radius 2 is 2.24 bits per heavy atom. The Balaban J connectivity index is 1.95. The van der Waals surface area contributed by atoms with E-state index in [1.54, 1.807) is 11.3 Å². The molecule has 1 heterocycles. The van der Waals surface area contributed by atoms with Gasteiger partial charge in [0.05, 0.1) is 12.6 Å². The Bertz CT molecular complexity index is 490. The van der Waals surface area contributed by atoms with Crippen molar-refractivity contribution in [1.82, 2.24) is 5.32 Å². The van der Waals surface area contributed by atoms with Gasteiger partial charge in [-0.1, -0.05) is 0 Å². The quantitative estimate of drug-likeness (QED) is 0.907. The lowest BCUT2D eigenvalue weighted by Gasteiger charge is -2.22. The van der Waals surface area contributed by atoms with Crippen LogP contribution in [0.3, 0.4) is 0 Å². The van der Waals surface area contributed by atoms with E-state index in [9.17, 15) is 4.79 Å². The van der Waals surface area contributed by atoms with Gasteiger partial charge in [-0.3, -0.25) is 0 Å². The van der Waals surface area contributed by atoms with Crippen molar-refractivity contribution in [2.24, 2.45) is 0 Å². The number of amides is 1. The normalized spacial score (nSPS) is 18.2. The molecule has 0 bridgehead atoms. The molecular formula is C16H25NO3S. The monoisotopic (exact) mass is 311 g/mol. The van der Waals surface area contributed by atoms with Crippen LogP contribution in [0.2, 0.25) is 0 Å². The zero-order valence-corrected chi connectivity index (χ0v) is 14.1. The summed E-state index contributed by atoms with van der Waals surface area (Å²) >= 11 is 1.77. The standard InChI is InChI=1S/C16H25NO3S/c1-5-19-13-7-6-8-14-12(13)9-11(21-14)10-17-15(18)20-16(2,3)4/h9,13H,5-8,10H2,1-4H3,(H,17,18). The fourth-order valence-electron chi connectivity index (χ4n) is 2.51. The maximum atomic E-state index is 11.7. The molecule has 21 heavy (non-hydrogen) atoms. The molecule has 0 aromatic carbocycles. The summed E-state index contributed by atoms with van der Waals surface area (Å²) in [6, 6.07) is 2.18. The number of fused-ring (bicyclic) bond motifs is 1. The van der Waals surface area contributed by atoms with Crippen molar-refractivity contribution >= 4 is 17.4 Å². The highest BCUT2D eigenvalue weighted by atomic mass is 32.1. The minimum absolute atomic E-state index is 0.227. The van der Waals surface area contributed by atoms with Crippen molar-refractivity contribution in [3.8, 4) is 0 Å². The van der Waals surface area contributed by atoms with Crippen LogP contribution in [-0.4, -0.2) is 18.3 Å². The van der Waals surface area contributed by atoms with Gasteiger partial charge in [0.2, 0.25) is 0 Å². The summed E-state index contributed by atoms with van der Waals surface area (Å²) in [5.41, 5.74) is 0.854. The highest BCUT2D eigenvalue weighted by molar-refractivity contribution is 7.12. The van der Waals surface area contributed by atoms with Gasteiger partial charge in [0.15, 0.2) is 0 Å². The first-order valence-electron chi connectivity index (χ1n) is 7.59. The van der Waals surface area contributed by atoms with Gasteiger partial charge in [0.1, 0.15) is 5.60 Å². The van der Waals surface area contributed by atoms with E-state index in [1.807, 2.05) is 27.7 Å². The third kappa shape index (κ3) is 4.71. The maximum absolute atomic E-state index is 11.7. The van der Waals surface area contributed by atoms with Crippen molar-refractivity contribution in [2.45, 2.75) is 65.2 Å². The Hall–Kier alpha value is -1.07. The Kier molecular flexibility index (Phi) is 5.27. The fourth-order valence-corrected chi connectivity index (χ4v) is 3.71. The number of carbonyl (C=O) groups is 1. The van der Waals surface area contributed by atoms with E-state index in [1.165, 1.54) is 16.9 Å². The van der Waals surface area contributed by atoms with Crippen LogP contribution in [-0.2, 0) is 22.4 Å². The first kappa shape index (κ1) is 16.3. The fraction of sp³-hybridized carbons (Fsp3) is 0.688. The van der Waals surface area contributed by atoms with Crippen LogP contribution in [0.15, 0.2) is 6.07 Å². The number of hydrogen-bond acceptors (Lipinski definition) is 4. The lowest BCUT2D eigenvalue weighted by Crippen LogP contribution is -2.31. The van der Waals surface area contributed by atoms with E-state index in [0.29, 0.717) is 6.54 Å². The van der Waals surface area contributed by atoms with Crippen molar-refractivity contribution < 1.29 is 14.3 Å². The maximum Gasteiger partial charge on any atom is 0.407 e. The van der Waals surface area contributed by atoms with Gasteiger partial charge in [-0.15, -0.1) is 11.3 Å². The van der Waals surface area contributed by atoms with Gasteiger partial charge in [-0.2, -0.15) is 0 Å². The number of rotatable bonds is 4. The lowest BCUT2D eigenvalue weighted by molar-refractivity contribution is 0.0506. The van der Waals surface area contributed by atoms with E-state index in [2.05, 4.69) is 11.4 Å². The van der Waals surface area contributed by atoms with E-state index >= 15 is 0 Å². The van der Waals surface area contributed by atoms with E-state index < -0.39 is 5.60 Å². The van der Waals surface area contributed by atoms with Gasteiger partial charge in [-0.05, 0) is 58.6 Å². The molecule has 4 nitrogen and oxygen atoms in total. The third-order valence-corrected chi connectivity index (χ3v) is 4.49. The van der Waals surface area contributed by atoms with Crippen LogP contribution >= 0.6 is 11.3 Å². The SMILES string of the molecule is CCOC1CCCc2sc(CNC(=O)OC(C)(C)C)cc21.